The Kier molecular flexibility index (Phi) is 5.42. The highest BCUT2D eigenvalue weighted by molar-refractivity contribution is 5.76. The molecule has 0 fully saturated rings. The van der Waals surface area contributed by atoms with Crippen LogP contribution in [0.1, 0.15) is 26.0 Å². The molecule has 0 saturated heterocycles. The van der Waals surface area contributed by atoms with E-state index in [2.05, 4.69) is 10.3 Å². The van der Waals surface area contributed by atoms with Crippen molar-refractivity contribution in [3.63, 3.8) is 0 Å². The van der Waals surface area contributed by atoms with Gasteiger partial charge in [0.2, 0.25) is 5.91 Å². The van der Waals surface area contributed by atoms with E-state index in [9.17, 15) is 4.79 Å². The van der Waals surface area contributed by atoms with Gasteiger partial charge in [-0.1, -0.05) is 0 Å². The van der Waals surface area contributed by atoms with E-state index in [0.717, 1.165) is 18.8 Å². The SMILES string of the molecule is CCN(CC)C(=O)CCNc1nc(C)ccc1N. The summed E-state index contributed by atoms with van der Waals surface area (Å²) in [7, 11) is 0. The van der Waals surface area contributed by atoms with Crippen molar-refractivity contribution in [2.75, 3.05) is 30.7 Å². The lowest BCUT2D eigenvalue weighted by Gasteiger charge is -2.18. The fourth-order valence-corrected chi connectivity index (χ4v) is 1.73. The minimum Gasteiger partial charge on any atom is -0.396 e. The zero-order valence-corrected chi connectivity index (χ0v) is 11.4. The lowest BCUT2D eigenvalue weighted by atomic mass is 10.3. The van der Waals surface area contributed by atoms with Gasteiger partial charge in [0, 0.05) is 31.7 Å². The monoisotopic (exact) mass is 250 g/mol. The molecule has 1 heterocycles. The summed E-state index contributed by atoms with van der Waals surface area (Å²) in [6.07, 6.45) is 0.455. The van der Waals surface area contributed by atoms with Crippen molar-refractivity contribution < 1.29 is 4.79 Å². The van der Waals surface area contributed by atoms with E-state index >= 15 is 0 Å². The van der Waals surface area contributed by atoms with Gasteiger partial charge in [-0.25, -0.2) is 4.98 Å². The molecule has 5 nitrogen and oxygen atoms in total. The molecule has 5 heteroatoms. The second-order valence-electron chi connectivity index (χ2n) is 4.13. The van der Waals surface area contributed by atoms with Gasteiger partial charge in [-0.3, -0.25) is 4.79 Å². The van der Waals surface area contributed by atoms with Crippen LogP contribution in [0.3, 0.4) is 0 Å². The average Bonchev–Trinajstić information content (AvgIpc) is 2.35. The van der Waals surface area contributed by atoms with E-state index in [4.69, 9.17) is 5.73 Å². The Bertz CT molecular complexity index is 402. The summed E-state index contributed by atoms with van der Waals surface area (Å²) in [6.45, 7) is 7.92. The molecule has 0 aromatic carbocycles. The van der Waals surface area contributed by atoms with Crippen LogP contribution in [0.2, 0.25) is 0 Å². The minimum absolute atomic E-state index is 0.152. The van der Waals surface area contributed by atoms with Gasteiger partial charge in [0.15, 0.2) is 0 Å². The molecule has 1 aromatic rings. The zero-order valence-electron chi connectivity index (χ0n) is 11.4. The van der Waals surface area contributed by atoms with Crippen LogP contribution in [0.15, 0.2) is 12.1 Å². The number of hydrogen-bond donors (Lipinski definition) is 2. The Balaban J connectivity index is 2.46. The molecule has 1 amide bonds. The molecule has 0 spiro atoms. The lowest BCUT2D eigenvalue weighted by molar-refractivity contribution is -0.130. The van der Waals surface area contributed by atoms with E-state index in [1.54, 1.807) is 0 Å². The van der Waals surface area contributed by atoms with Gasteiger partial charge < -0.3 is 16.0 Å². The van der Waals surface area contributed by atoms with Crippen LogP contribution in [-0.4, -0.2) is 35.4 Å². The van der Waals surface area contributed by atoms with Crippen LogP contribution in [-0.2, 0) is 4.79 Å². The summed E-state index contributed by atoms with van der Waals surface area (Å²) in [5.41, 5.74) is 7.31. The number of nitrogens with one attached hydrogen (secondary N) is 1. The Morgan fingerprint density at radius 3 is 2.67 bits per heavy atom. The van der Waals surface area contributed by atoms with E-state index in [1.165, 1.54) is 0 Å². The van der Waals surface area contributed by atoms with Gasteiger partial charge in [0.05, 0.1) is 5.69 Å². The molecule has 3 N–H and O–H groups in total. The van der Waals surface area contributed by atoms with E-state index < -0.39 is 0 Å². The van der Waals surface area contributed by atoms with Crippen molar-refractivity contribution in [3.8, 4) is 0 Å². The first-order chi connectivity index (χ1) is 8.58. The molecule has 0 aliphatic carbocycles. The van der Waals surface area contributed by atoms with Gasteiger partial charge in [0.1, 0.15) is 5.82 Å². The van der Waals surface area contributed by atoms with Crippen LogP contribution >= 0.6 is 0 Å². The first-order valence-corrected chi connectivity index (χ1v) is 6.33. The van der Waals surface area contributed by atoms with E-state index in [0.29, 0.717) is 24.5 Å². The standard InChI is InChI=1S/C13H22N4O/c1-4-17(5-2)12(18)8-9-15-13-11(14)7-6-10(3)16-13/h6-7H,4-5,8-9,14H2,1-3H3,(H,15,16). The number of amides is 1. The molecule has 0 radical (unpaired) electrons. The topological polar surface area (TPSA) is 71.2 Å². The molecule has 0 aliphatic rings. The molecule has 1 aromatic heterocycles. The Labute approximate surface area is 108 Å². The number of nitrogen functional groups attached to an aromatic ring is 1. The number of anilines is 2. The summed E-state index contributed by atoms with van der Waals surface area (Å²) < 4.78 is 0. The summed E-state index contributed by atoms with van der Waals surface area (Å²) in [5, 5.41) is 3.10. The van der Waals surface area contributed by atoms with Crippen LogP contribution in [0, 0.1) is 6.92 Å². The second-order valence-corrected chi connectivity index (χ2v) is 4.13. The number of hydrogen-bond acceptors (Lipinski definition) is 4. The number of carbonyl (C=O) groups excluding carboxylic acids is 1. The van der Waals surface area contributed by atoms with E-state index in [1.807, 2.05) is 37.8 Å². The van der Waals surface area contributed by atoms with Gasteiger partial charge >= 0.3 is 0 Å². The Morgan fingerprint density at radius 1 is 1.39 bits per heavy atom. The highest BCUT2D eigenvalue weighted by Crippen LogP contribution is 2.15. The molecule has 100 valence electrons. The van der Waals surface area contributed by atoms with Crippen LogP contribution < -0.4 is 11.1 Å². The number of pyridine rings is 1. The number of carbonyl (C=O) groups is 1. The summed E-state index contributed by atoms with van der Waals surface area (Å²) in [5.74, 6) is 0.807. The first kappa shape index (κ1) is 14.3. The highest BCUT2D eigenvalue weighted by atomic mass is 16.2. The number of aromatic nitrogens is 1. The lowest BCUT2D eigenvalue weighted by Crippen LogP contribution is -2.31. The fourth-order valence-electron chi connectivity index (χ4n) is 1.73. The molecule has 1 rings (SSSR count). The average molecular weight is 250 g/mol. The molecular weight excluding hydrogens is 228 g/mol. The van der Waals surface area contributed by atoms with Crippen molar-refractivity contribution in [1.29, 1.82) is 0 Å². The highest BCUT2D eigenvalue weighted by Gasteiger charge is 2.09. The summed E-state index contributed by atoms with van der Waals surface area (Å²) in [6, 6.07) is 3.68. The van der Waals surface area contributed by atoms with Gasteiger partial charge in [-0.15, -0.1) is 0 Å². The largest absolute Gasteiger partial charge is 0.396 e. The smallest absolute Gasteiger partial charge is 0.224 e. The normalized spacial score (nSPS) is 10.2. The second kappa shape index (κ2) is 6.83. The third-order valence-electron chi connectivity index (χ3n) is 2.81. The summed E-state index contributed by atoms with van der Waals surface area (Å²) >= 11 is 0. The van der Waals surface area contributed by atoms with Gasteiger partial charge in [0.25, 0.3) is 0 Å². The quantitative estimate of drug-likeness (QED) is 0.805. The first-order valence-electron chi connectivity index (χ1n) is 6.33. The number of nitrogens with two attached hydrogens (primary N) is 1. The van der Waals surface area contributed by atoms with Crippen molar-refractivity contribution in [3.05, 3.63) is 17.8 Å². The molecule has 0 bridgehead atoms. The fraction of sp³-hybridized carbons (Fsp3) is 0.538. The van der Waals surface area contributed by atoms with Crippen LogP contribution in [0.25, 0.3) is 0 Å². The maximum absolute atomic E-state index is 11.8. The van der Waals surface area contributed by atoms with Crippen molar-refractivity contribution >= 4 is 17.4 Å². The molecule has 0 saturated carbocycles. The Hall–Kier alpha value is -1.78. The Morgan fingerprint density at radius 2 is 2.06 bits per heavy atom. The third kappa shape index (κ3) is 3.91. The molecular formula is C13H22N4O. The zero-order chi connectivity index (χ0) is 13.5. The van der Waals surface area contributed by atoms with Crippen molar-refractivity contribution in [2.24, 2.45) is 0 Å². The predicted octanol–water partition coefficient (Wildman–Crippen LogP) is 1.64. The van der Waals surface area contributed by atoms with Gasteiger partial charge in [-0.2, -0.15) is 0 Å². The van der Waals surface area contributed by atoms with Crippen LogP contribution in [0.4, 0.5) is 11.5 Å². The van der Waals surface area contributed by atoms with Crippen molar-refractivity contribution in [1.82, 2.24) is 9.88 Å². The molecule has 0 unspecified atom stereocenters. The minimum atomic E-state index is 0.152. The number of nitrogens with zero attached hydrogens (tertiary/aromatic N) is 2. The predicted molar refractivity (Wildman–Crippen MR) is 74.4 cm³/mol. The molecule has 18 heavy (non-hydrogen) atoms. The molecule has 0 atom stereocenters. The van der Waals surface area contributed by atoms with Gasteiger partial charge in [-0.05, 0) is 32.9 Å². The summed E-state index contributed by atoms with van der Waals surface area (Å²) in [4.78, 5) is 17.9. The van der Waals surface area contributed by atoms with E-state index in [-0.39, 0.29) is 5.91 Å². The number of aryl methyl sites for hydroxylation is 1. The third-order valence-corrected chi connectivity index (χ3v) is 2.81. The van der Waals surface area contributed by atoms with Crippen LogP contribution in [0.5, 0.6) is 0 Å². The van der Waals surface area contributed by atoms with Crippen molar-refractivity contribution in [2.45, 2.75) is 27.2 Å². The maximum atomic E-state index is 11.8. The molecule has 0 aliphatic heterocycles. The number of rotatable bonds is 6. The maximum Gasteiger partial charge on any atom is 0.224 e.